The maximum absolute atomic E-state index is 9.14. The molecule has 0 aliphatic rings. The highest BCUT2D eigenvalue weighted by Gasteiger charge is 2.06. The second kappa shape index (κ2) is 7.83. The minimum absolute atomic E-state index is 0.291. The molecule has 6 nitrogen and oxygen atoms in total. The molecule has 0 amide bonds. The van der Waals surface area contributed by atoms with E-state index < -0.39 is 0 Å². The van der Waals surface area contributed by atoms with Gasteiger partial charge >= 0.3 is 0 Å². The van der Waals surface area contributed by atoms with E-state index in [1.54, 1.807) is 30.3 Å². The van der Waals surface area contributed by atoms with Gasteiger partial charge in [-0.05, 0) is 17.7 Å². The maximum atomic E-state index is 9.14. The van der Waals surface area contributed by atoms with Crippen LogP contribution >= 0.6 is 0 Å². The second-order valence-corrected chi connectivity index (χ2v) is 4.39. The Morgan fingerprint density at radius 1 is 1.04 bits per heavy atom. The van der Waals surface area contributed by atoms with Gasteiger partial charge < -0.3 is 4.74 Å². The van der Waals surface area contributed by atoms with Crippen LogP contribution in [0.25, 0.3) is 0 Å². The topological polar surface area (TPSA) is 105 Å². The van der Waals surface area contributed by atoms with Gasteiger partial charge in [0.25, 0.3) is 0 Å². The van der Waals surface area contributed by atoms with Crippen molar-refractivity contribution in [3.8, 4) is 24.0 Å². The van der Waals surface area contributed by atoms with Crippen LogP contribution in [-0.2, 0) is 6.61 Å². The van der Waals surface area contributed by atoms with Gasteiger partial charge in [-0.25, -0.2) is 0 Å². The number of hydrogen-bond acceptors (Lipinski definition) is 6. The Bertz CT molecular complexity index is 822. The van der Waals surface area contributed by atoms with Crippen LogP contribution in [0.4, 0.5) is 5.69 Å². The molecule has 2 aromatic carbocycles. The summed E-state index contributed by atoms with van der Waals surface area (Å²) in [6, 6.07) is 19.7. The largest absolute Gasteiger partial charge is 0.487 e. The summed E-state index contributed by atoms with van der Waals surface area (Å²) < 4.78 is 5.67. The smallest absolute Gasteiger partial charge is 0.237 e. The molecule has 0 heterocycles. The average molecular weight is 301 g/mol. The van der Waals surface area contributed by atoms with Crippen molar-refractivity contribution in [1.29, 1.82) is 15.8 Å². The molecule has 0 fully saturated rings. The molecule has 6 heteroatoms. The van der Waals surface area contributed by atoms with E-state index in [0.717, 1.165) is 5.56 Å². The van der Waals surface area contributed by atoms with Crippen LogP contribution in [0.15, 0.2) is 53.6 Å². The zero-order chi connectivity index (χ0) is 16.5. The van der Waals surface area contributed by atoms with Crippen LogP contribution in [0.5, 0.6) is 5.75 Å². The number of nitriles is 3. The lowest BCUT2D eigenvalue weighted by molar-refractivity contribution is 0.305. The van der Waals surface area contributed by atoms with Crippen LogP contribution in [0, 0.1) is 34.0 Å². The third-order valence-electron chi connectivity index (χ3n) is 2.85. The normalized spacial score (nSPS) is 8.91. The van der Waals surface area contributed by atoms with E-state index in [2.05, 4.69) is 16.6 Å². The fraction of sp³-hybridized carbons (Fsp3) is 0.0588. The summed E-state index contributed by atoms with van der Waals surface area (Å²) in [5, 5.41) is 30.1. The molecular weight excluding hydrogens is 290 g/mol. The molecule has 2 aromatic rings. The Balaban J connectivity index is 2.16. The third kappa shape index (κ3) is 4.32. The van der Waals surface area contributed by atoms with Crippen molar-refractivity contribution in [3.05, 3.63) is 59.7 Å². The monoisotopic (exact) mass is 301 g/mol. The summed E-state index contributed by atoms with van der Waals surface area (Å²) >= 11 is 0. The van der Waals surface area contributed by atoms with Crippen LogP contribution in [0.1, 0.15) is 11.1 Å². The van der Waals surface area contributed by atoms with Gasteiger partial charge in [0.15, 0.2) is 0 Å². The zero-order valence-electron chi connectivity index (χ0n) is 12.0. The molecule has 0 aliphatic heterocycles. The number of hydrogen-bond donors (Lipinski definition) is 1. The van der Waals surface area contributed by atoms with Gasteiger partial charge in [-0.1, -0.05) is 30.3 Å². The molecule has 2 rings (SSSR count). The van der Waals surface area contributed by atoms with E-state index in [-0.39, 0.29) is 5.71 Å². The van der Waals surface area contributed by atoms with Gasteiger partial charge in [0, 0.05) is 6.07 Å². The quantitative estimate of drug-likeness (QED) is 0.675. The second-order valence-electron chi connectivity index (χ2n) is 4.39. The molecule has 0 saturated carbocycles. The highest BCUT2D eigenvalue weighted by atomic mass is 16.5. The van der Waals surface area contributed by atoms with Crippen molar-refractivity contribution >= 4 is 11.4 Å². The molecule has 23 heavy (non-hydrogen) atoms. The maximum Gasteiger partial charge on any atom is 0.237 e. The van der Waals surface area contributed by atoms with Crippen LogP contribution < -0.4 is 10.2 Å². The minimum atomic E-state index is -0.291. The number of hydrazone groups is 1. The number of nitrogens with zero attached hydrogens (tertiary/aromatic N) is 4. The highest BCUT2D eigenvalue weighted by molar-refractivity contribution is 6.10. The van der Waals surface area contributed by atoms with Crippen molar-refractivity contribution in [1.82, 2.24) is 0 Å². The highest BCUT2D eigenvalue weighted by Crippen LogP contribution is 2.24. The van der Waals surface area contributed by atoms with Gasteiger partial charge in [0.2, 0.25) is 5.71 Å². The van der Waals surface area contributed by atoms with E-state index in [1.807, 2.05) is 30.3 Å². The van der Waals surface area contributed by atoms with Crippen molar-refractivity contribution in [2.24, 2.45) is 5.10 Å². The molecule has 0 radical (unpaired) electrons. The molecule has 0 unspecified atom stereocenters. The first-order chi connectivity index (χ1) is 11.3. The van der Waals surface area contributed by atoms with Crippen molar-refractivity contribution in [3.63, 3.8) is 0 Å². The summed E-state index contributed by atoms with van der Waals surface area (Å²) in [5.41, 5.74) is 4.17. The average Bonchev–Trinajstić information content (AvgIpc) is 2.62. The molecule has 0 aliphatic carbocycles. The number of nitrogens with one attached hydrogen (secondary N) is 1. The summed E-state index contributed by atoms with van der Waals surface area (Å²) in [5.74, 6) is 0.395. The lowest BCUT2D eigenvalue weighted by Crippen LogP contribution is -2.00. The standard InChI is InChI=1S/C17H11N5O/c18-9-14-6-7-15(21-22-16(10-19)11-20)8-17(14)23-12-13-4-2-1-3-5-13/h1-8,21H,12H2. The van der Waals surface area contributed by atoms with Gasteiger partial charge in [0.05, 0.1) is 11.3 Å². The predicted molar refractivity (Wildman–Crippen MR) is 84.2 cm³/mol. The number of rotatable bonds is 5. The first-order valence-electron chi connectivity index (χ1n) is 6.61. The SMILES string of the molecule is N#CC(C#N)=NNc1ccc(C#N)c(OCc2ccccc2)c1. The molecule has 0 saturated heterocycles. The van der Waals surface area contributed by atoms with Gasteiger partial charge in [-0.2, -0.15) is 20.9 Å². The van der Waals surface area contributed by atoms with Crippen LogP contribution in [0.2, 0.25) is 0 Å². The molecule has 0 atom stereocenters. The Morgan fingerprint density at radius 3 is 2.43 bits per heavy atom. The predicted octanol–water partition coefficient (Wildman–Crippen LogP) is 2.95. The Labute approximate surface area is 133 Å². The summed E-state index contributed by atoms with van der Waals surface area (Å²) in [6.07, 6.45) is 0. The van der Waals surface area contributed by atoms with E-state index in [0.29, 0.717) is 23.6 Å². The Kier molecular flexibility index (Phi) is 5.30. The molecular formula is C17H11N5O. The lowest BCUT2D eigenvalue weighted by atomic mass is 10.2. The van der Waals surface area contributed by atoms with E-state index in [4.69, 9.17) is 20.5 Å². The Hall–Kier alpha value is -3.82. The van der Waals surface area contributed by atoms with E-state index >= 15 is 0 Å². The molecule has 0 aromatic heterocycles. The van der Waals surface area contributed by atoms with Crippen molar-refractivity contribution in [2.75, 3.05) is 5.43 Å². The van der Waals surface area contributed by atoms with Crippen LogP contribution in [0.3, 0.4) is 0 Å². The van der Waals surface area contributed by atoms with E-state index in [9.17, 15) is 0 Å². The summed E-state index contributed by atoms with van der Waals surface area (Å²) in [4.78, 5) is 0. The minimum Gasteiger partial charge on any atom is -0.487 e. The molecule has 0 spiro atoms. The number of benzene rings is 2. The first-order valence-corrected chi connectivity index (χ1v) is 6.61. The molecule has 110 valence electrons. The fourth-order valence-corrected chi connectivity index (χ4v) is 1.73. The first kappa shape index (κ1) is 15.6. The third-order valence-corrected chi connectivity index (χ3v) is 2.85. The van der Waals surface area contributed by atoms with Crippen molar-refractivity contribution in [2.45, 2.75) is 6.61 Å². The fourth-order valence-electron chi connectivity index (χ4n) is 1.73. The summed E-state index contributed by atoms with van der Waals surface area (Å²) in [7, 11) is 0. The van der Waals surface area contributed by atoms with E-state index in [1.165, 1.54) is 0 Å². The van der Waals surface area contributed by atoms with Crippen LogP contribution in [-0.4, -0.2) is 5.71 Å². The lowest BCUT2D eigenvalue weighted by Gasteiger charge is -2.09. The molecule has 0 bridgehead atoms. The zero-order valence-corrected chi connectivity index (χ0v) is 12.0. The summed E-state index contributed by atoms with van der Waals surface area (Å²) in [6.45, 7) is 0.323. The number of anilines is 1. The van der Waals surface area contributed by atoms with Crippen molar-refractivity contribution < 1.29 is 4.74 Å². The van der Waals surface area contributed by atoms with Gasteiger partial charge in [-0.3, -0.25) is 5.43 Å². The van der Waals surface area contributed by atoms with Gasteiger partial charge in [-0.15, -0.1) is 0 Å². The number of ether oxygens (including phenoxy) is 1. The van der Waals surface area contributed by atoms with Gasteiger partial charge in [0.1, 0.15) is 30.6 Å². The molecule has 1 N–H and O–H groups in total. The Morgan fingerprint density at radius 2 is 1.78 bits per heavy atom.